The Hall–Kier alpha value is -0.220. The Kier molecular flexibility index (Phi) is 5.62. The van der Waals surface area contributed by atoms with Gasteiger partial charge in [-0.3, -0.25) is 4.79 Å². The van der Waals surface area contributed by atoms with Crippen LogP contribution >= 0.6 is 11.8 Å². The first-order valence-electron chi connectivity index (χ1n) is 6.22. The van der Waals surface area contributed by atoms with E-state index in [1.54, 1.807) is 11.8 Å². The predicted octanol–water partition coefficient (Wildman–Crippen LogP) is 1.94. The van der Waals surface area contributed by atoms with Crippen LogP contribution in [0.4, 0.5) is 0 Å². The van der Waals surface area contributed by atoms with Gasteiger partial charge in [0.15, 0.2) is 0 Å². The first-order chi connectivity index (χ1) is 7.67. The monoisotopic (exact) mass is 245 g/mol. The Morgan fingerprint density at radius 1 is 1.44 bits per heavy atom. The van der Waals surface area contributed by atoms with Gasteiger partial charge in [-0.2, -0.15) is 0 Å². The number of carbonyl (C=O) groups is 1. The molecule has 2 N–H and O–H groups in total. The normalized spacial score (nSPS) is 21.8. The van der Waals surface area contributed by atoms with Crippen molar-refractivity contribution in [1.29, 1.82) is 0 Å². The van der Waals surface area contributed by atoms with Crippen LogP contribution in [-0.2, 0) is 4.79 Å². The lowest BCUT2D eigenvalue weighted by Gasteiger charge is -2.33. The summed E-state index contributed by atoms with van der Waals surface area (Å²) >= 11 is 1.75. The van der Waals surface area contributed by atoms with Gasteiger partial charge in [0.2, 0.25) is 5.91 Å². The highest BCUT2D eigenvalue weighted by atomic mass is 32.2. The van der Waals surface area contributed by atoms with Crippen LogP contribution in [0.2, 0.25) is 0 Å². The first-order valence-corrected chi connectivity index (χ1v) is 7.27. The van der Waals surface area contributed by atoms with Gasteiger partial charge in [-0.1, -0.05) is 20.3 Å². The first kappa shape index (κ1) is 13.8. The summed E-state index contributed by atoms with van der Waals surface area (Å²) in [6, 6.07) is 0. The van der Waals surface area contributed by atoms with Gasteiger partial charge in [-0.05, 0) is 31.4 Å². The van der Waals surface area contributed by atoms with Crippen molar-refractivity contribution in [1.82, 2.24) is 5.32 Å². The summed E-state index contributed by atoms with van der Waals surface area (Å²) < 4.78 is 0. The largest absolute Gasteiger partial charge is 0.394 e. The number of rotatable bonds is 5. The second kappa shape index (κ2) is 6.50. The van der Waals surface area contributed by atoms with E-state index < -0.39 is 5.54 Å². The maximum atomic E-state index is 12.0. The maximum absolute atomic E-state index is 12.0. The number of aliphatic hydroxyl groups is 1. The van der Waals surface area contributed by atoms with E-state index in [-0.39, 0.29) is 17.8 Å². The molecule has 0 radical (unpaired) electrons. The zero-order chi connectivity index (χ0) is 12.0. The molecule has 1 atom stereocenters. The molecule has 94 valence electrons. The van der Waals surface area contributed by atoms with E-state index in [1.165, 1.54) is 6.42 Å². The van der Waals surface area contributed by atoms with Crippen LogP contribution in [-0.4, -0.2) is 34.2 Å². The highest BCUT2D eigenvalue weighted by Crippen LogP contribution is 2.26. The Morgan fingerprint density at radius 3 is 2.56 bits per heavy atom. The van der Waals surface area contributed by atoms with Gasteiger partial charge in [0.25, 0.3) is 0 Å². The molecule has 1 rings (SSSR count). The summed E-state index contributed by atoms with van der Waals surface area (Å²) in [5.41, 5.74) is -0.408. The Balaban J connectivity index is 2.53. The van der Waals surface area contributed by atoms with E-state index in [2.05, 4.69) is 5.32 Å². The van der Waals surface area contributed by atoms with Gasteiger partial charge in [0.1, 0.15) is 0 Å². The molecule has 0 spiro atoms. The number of nitrogens with one attached hydrogen (secondary N) is 1. The van der Waals surface area contributed by atoms with Crippen LogP contribution in [0.25, 0.3) is 0 Å². The molecule has 16 heavy (non-hydrogen) atoms. The standard InChI is InChI=1S/C12H23NO2S/c1-3-12(4-2,9-14)13-11(15)10-7-5-6-8-16-10/h10,14H,3-9H2,1-2H3,(H,13,15). The fraction of sp³-hybridized carbons (Fsp3) is 0.917. The quantitative estimate of drug-likeness (QED) is 0.778. The van der Waals surface area contributed by atoms with Crippen molar-refractivity contribution in [3.63, 3.8) is 0 Å². The molecule has 3 nitrogen and oxygen atoms in total. The van der Waals surface area contributed by atoms with Crippen LogP contribution in [0.3, 0.4) is 0 Å². The van der Waals surface area contributed by atoms with Crippen LogP contribution in [0.5, 0.6) is 0 Å². The third kappa shape index (κ3) is 3.39. The van der Waals surface area contributed by atoms with Gasteiger partial charge in [0, 0.05) is 0 Å². The number of amides is 1. The molecule has 1 aliphatic heterocycles. The Morgan fingerprint density at radius 2 is 2.12 bits per heavy atom. The molecule has 0 bridgehead atoms. The Labute approximate surface area is 102 Å². The molecule has 0 aromatic carbocycles. The lowest BCUT2D eigenvalue weighted by atomic mass is 9.93. The van der Waals surface area contributed by atoms with Gasteiger partial charge in [-0.25, -0.2) is 0 Å². The minimum Gasteiger partial charge on any atom is -0.394 e. The number of hydrogen-bond acceptors (Lipinski definition) is 3. The van der Waals surface area contributed by atoms with Crippen LogP contribution in [0, 0.1) is 0 Å². The van der Waals surface area contributed by atoms with Crippen LogP contribution in [0.15, 0.2) is 0 Å². The lowest BCUT2D eigenvalue weighted by Crippen LogP contribution is -2.53. The van der Waals surface area contributed by atoms with E-state index in [4.69, 9.17) is 0 Å². The zero-order valence-electron chi connectivity index (χ0n) is 10.3. The summed E-state index contributed by atoms with van der Waals surface area (Å²) in [5, 5.41) is 12.5. The molecule has 4 heteroatoms. The van der Waals surface area contributed by atoms with E-state index in [9.17, 15) is 9.90 Å². The minimum absolute atomic E-state index is 0.0309. The van der Waals surface area contributed by atoms with Crippen molar-refractivity contribution >= 4 is 17.7 Å². The van der Waals surface area contributed by atoms with Crippen molar-refractivity contribution < 1.29 is 9.90 Å². The van der Waals surface area contributed by atoms with Gasteiger partial charge < -0.3 is 10.4 Å². The summed E-state index contributed by atoms with van der Waals surface area (Å²) in [6.07, 6.45) is 4.91. The summed E-state index contributed by atoms with van der Waals surface area (Å²) in [5.74, 6) is 1.20. The zero-order valence-corrected chi connectivity index (χ0v) is 11.1. The molecule has 0 aromatic rings. The third-order valence-corrected chi connectivity index (χ3v) is 4.89. The summed E-state index contributed by atoms with van der Waals surface area (Å²) in [4.78, 5) is 12.0. The fourth-order valence-corrected chi connectivity index (χ4v) is 3.18. The number of thioether (sulfide) groups is 1. The molecular formula is C12H23NO2S. The molecule has 1 fully saturated rings. The van der Waals surface area contributed by atoms with Gasteiger partial charge in [-0.15, -0.1) is 11.8 Å². The maximum Gasteiger partial charge on any atom is 0.233 e. The van der Waals surface area contributed by atoms with Crippen LogP contribution in [0.1, 0.15) is 46.0 Å². The van der Waals surface area contributed by atoms with Crippen LogP contribution < -0.4 is 5.32 Å². The third-order valence-electron chi connectivity index (χ3n) is 3.52. The predicted molar refractivity (Wildman–Crippen MR) is 68.6 cm³/mol. The number of aliphatic hydroxyl groups excluding tert-OH is 1. The van der Waals surface area contributed by atoms with E-state index in [1.807, 2.05) is 13.8 Å². The topological polar surface area (TPSA) is 49.3 Å². The summed E-state index contributed by atoms with van der Waals surface area (Å²) in [7, 11) is 0. The molecule has 0 saturated carbocycles. The lowest BCUT2D eigenvalue weighted by molar-refractivity contribution is -0.123. The molecule has 1 saturated heterocycles. The fourth-order valence-electron chi connectivity index (χ4n) is 1.98. The van der Waals surface area contributed by atoms with Gasteiger partial charge >= 0.3 is 0 Å². The van der Waals surface area contributed by atoms with Crippen molar-refractivity contribution in [2.75, 3.05) is 12.4 Å². The second-order valence-corrected chi connectivity index (χ2v) is 5.80. The number of carbonyl (C=O) groups excluding carboxylic acids is 1. The molecular weight excluding hydrogens is 222 g/mol. The minimum atomic E-state index is -0.408. The smallest absolute Gasteiger partial charge is 0.233 e. The average Bonchev–Trinajstić information content (AvgIpc) is 2.37. The molecule has 1 heterocycles. The molecule has 0 aromatic heterocycles. The SMILES string of the molecule is CCC(CC)(CO)NC(=O)C1CCCCS1. The van der Waals surface area contributed by atoms with Crippen molar-refractivity contribution in [2.45, 2.75) is 56.7 Å². The van der Waals surface area contributed by atoms with Crippen molar-refractivity contribution in [2.24, 2.45) is 0 Å². The van der Waals surface area contributed by atoms with Crippen molar-refractivity contribution in [3.05, 3.63) is 0 Å². The Bertz CT molecular complexity index is 215. The molecule has 1 unspecified atom stereocenters. The molecule has 0 aliphatic carbocycles. The average molecular weight is 245 g/mol. The van der Waals surface area contributed by atoms with E-state index in [0.717, 1.165) is 31.4 Å². The van der Waals surface area contributed by atoms with E-state index in [0.29, 0.717) is 0 Å². The van der Waals surface area contributed by atoms with Crippen molar-refractivity contribution in [3.8, 4) is 0 Å². The second-order valence-electron chi connectivity index (χ2n) is 4.49. The summed E-state index contributed by atoms with van der Waals surface area (Å²) in [6.45, 7) is 4.05. The molecule has 1 aliphatic rings. The highest BCUT2D eigenvalue weighted by Gasteiger charge is 2.31. The number of hydrogen-bond donors (Lipinski definition) is 2. The van der Waals surface area contributed by atoms with Gasteiger partial charge in [0.05, 0.1) is 17.4 Å². The van der Waals surface area contributed by atoms with E-state index >= 15 is 0 Å². The highest BCUT2D eigenvalue weighted by molar-refractivity contribution is 8.00. The molecule has 1 amide bonds.